The summed E-state index contributed by atoms with van der Waals surface area (Å²) in [5, 5.41) is 10.3. The zero-order valence-corrected chi connectivity index (χ0v) is 9.75. The topological polar surface area (TPSA) is 46.0 Å². The second kappa shape index (κ2) is 4.46. The van der Waals surface area contributed by atoms with Crippen LogP contribution in [0.3, 0.4) is 0 Å². The Bertz CT molecular complexity index is 573. The Balaban J connectivity index is 1.93. The molecule has 2 unspecified atom stereocenters. The third kappa shape index (κ3) is 1.88. The zero-order valence-electron chi connectivity index (χ0n) is 9.75. The van der Waals surface area contributed by atoms with Crippen LogP contribution in [-0.4, -0.2) is 15.1 Å². The van der Waals surface area contributed by atoms with Gasteiger partial charge in [0, 0.05) is 29.6 Å². The van der Waals surface area contributed by atoms with Crippen molar-refractivity contribution < 1.29 is 9.50 Å². The van der Waals surface area contributed by atoms with Gasteiger partial charge < -0.3 is 5.11 Å². The van der Waals surface area contributed by atoms with Crippen molar-refractivity contribution in [3.05, 3.63) is 59.4 Å². The van der Waals surface area contributed by atoms with Crippen LogP contribution in [-0.2, 0) is 6.42 Å². The van der Waals surface area contributed by atoms with Crippen LogP contribution in [0, 0.1) is 5.82 Å². The van der Waals surface area contributed by atoms with Crippen LogP contribution >= 0.6 is 0 Å². The van der Waals surface area contributed by atoms with Gasteiger partial charge in [0.1, 0.15) is 5.82 Å². The molecular formula is C14H13FN2O. The number of halogens is 1. The van der Waals surface area contributed by atoms with Gasteiger partial charge in [0.25, 0.3) is 0 Å². The van der Waals surface area contributed by atoms with Gasteiger partial charge in [0.15, 0.2) is 0 Å². The van der Waals surface area contributed by atoms with Gasteiger partial charge in [-0.2, -0.15) is 0 Å². The van der Waals surface area contributed by atoms with Gasteiger partial charge >= 0.3 is 0 Å². The second-order valence-electron chi connectivity index (χ2n) is 4.57. The molecule has 0 amide bonds. The zero-order chi connectivity index (χ0) is 12.5. The summed E-state index contributed by atoms with van der Waals surface area (Å²) in [5.41, 5.74) is 2.61. The lowest BCUT2D eigenvalue weighted by atomic mass is 9.94. The molecule has 0 saturated heterocycles. The minimum absolute atomic E-state index is 0.0650. The number of nitrogens with zero attached hydrogens (tertiary/aromatic N) is 2. The molecule has 2 aromatic rings. The highest BCUT2D eigenvalue weighted by atomic mass is 19.1. The van der Waals surface area contributed by atoms with Gasteiger partial charge in [0.05, 0.1) is 12.3 Å². The Morgan fingerprint density at radius 3 is 3.11 bits per heavy atom. The standard InChI is InChI=1S/C14H13FN2O/c15-11-6-10(7-16-8-11)14(18)12-4-3-9-2-1-5-17-13(9)12/h1-2,5-8,12,14,18H,3-4H2. The molecule has 0 aromatic carbocycles. The number of aliphatic hydroxyl groups excluding tert-OH is 1. The fourth-order valence-corrected chi connectivity index (χ4v) is 2.57. The van der Waals surface area contributed by atoms with Crippen LogP contribution in [0.15, 0.2) is 36.8 Å². The number of aromatic nitrogens is 2. The second-order valence-corrected chi connectivity index (χ2v) is 4.57. The highest BCUT2D eigenvalue weighted by Crippen LogP contribution is 2.40. The molecule has 2 aromatic heterocycles. The number of hydrogen-bond acceptors (Lipinski definition) is 3. The van der Waals surface area contributed by atoms with Crippen molar-refractivity contribution in [3.63, 3.8) is 0 Å². The van der Waals surface area contributed by atoms with Crippen molar-refractivity contribution in [2.45, 2.75) is 24.9 Å². The summed E-state index contributed by atoms with van der Waals surface area (Å²) < 4.78 is 13.1. The van der Waals surface area contributed by atoms with Crippen molar-refractivity contribution in [3.8, 4) is 0 Å². The molecule has 3 nitrogen and oxygen atoms in total. The van der Waals surface area contributed by atoms with E-state index in [1.165, 1.54) is 17.8 Å². The summed E-state index contributed by atoms with van der Waals surface area (Å²) >= 11 is 0. The lowest BCUT2D eigenvalue weighted by Crippen LogP contribution is -2.10. The van der Waals surface area contributed by atoms with E-state index in [4.69, 9.17) is 0 Å². The van der Waals surface area contributed by atoms with Gasteiger partial charge in [0.2, 0.25) is 0 Å². The number of fused-ring (bicyclic) bond motifs is 1. The SMILES string of the molecule is OC(c1cncc(F)c1)C1CCc2cccnc21. The molecule has 0 fully saturated rings. The first-order valence-corrected chi connectivity index (χ1v) is 5.98. The van der Waals surface area contributed by atoms with Crippen LogP contribution < -0.4 is 0 Å². The van der Waals surface area contributed by atoms with E-state index in [2.05, 4.69) is 9.97 Å². The van der Waals surface area contributed by atoms with Crippen molar-refractivity contribution in [2.75, 3.05) is 0 Å². The maximum atomic E-state index is 13.1. The predicted molar refractivity (Wildman–Crippen MR) is 64.5 cm³/mol. The van der Waals surface area contributed by atoms with Crippen LogP contribution in [0.1, 0.15) is 35.3 Å². The number of pyridine rings is 2. The van der Waals surface area contributed by atoms with E-state index < -0.39 is 11.9 Å². The van der Waals surface area contributed by atoms with Crippen molar-refractivity contribution in [2.24, 2.45) is 0 Å². The third-order valence-corrected chi connectivity index (χ3v) is 3.45. The molecule has 92 valence electrons. The first-order valence-electron chi connectivity index (χ1n) is 5.98. The maximum Gasteiger partial charge on any atom is 0.141 e. The van der Waals surface area contributed by atoms with Crippen LogP contribution in [0.5, 0.6) is 0 Å². The quantitative estimate of drug-likeness (QED) is 0.882. The number of aliphatic hydroxyl groups is 1. The first-order chi connectivity index (χ1) is 8.75. The number of aryl methyl sites for hydroxylation is 1. The fraction of sp³-hybridized carbons (Fsp3) is 0.286. The monoisotopic (exact) mass is 244 g/mol. The summed E-state index contributed by atoms with van der Waals surface area (Å²) in [6, 6.07) is 5.26. The molecule has 0 bridgehead atoms. The van der Waals surface area contributed by atoms with Gasteiger partial charge in [-0.1, -0.05) is 6.07 Å². The van der Waals surface area contributed by atoms with Crippen LogP contribution in [0.25, 0.3) is 0 Å². The van der Waals surface area contributed by atoms with E-state index in [1.807, 2.05) is 12.1 Å². The minimum atomic E-state index is -0.746. The smallest absolute Gasteiger partial charge is 0.141 e. The largest absolute Gasteiger partial charge is 0.388 e. The summed E-state index contributed by atoms with van der Waals surface area (Å²) in [6.07, 6.45) is 5.38. The molecule has 2 atom stereocenters. The molecule has 1 aliphatic rings. The normalized spacial score (nSPS) is 19.6. The minimum Gasteiger partial charge on any atom is -0.388 e. The van der Waals surface area contributed by atoms with Gasteiger partial charge in [-0.3, -0.25) is 9.97 Å². The van der Waals surface area contributed by atoms with E-state index >= 15 is 0 Å². The third-order valence-electron chi connectivity index (χ3n) is 3.45. The molecular weight excluding hydrogens is 231 g/mol. The van der Waals surface area contributed by atoms with E-state index in [0.29, 0.717) is 5.56 Å². The van der Waals surface area contributed by atoms with Crippen molar-refractivity contribution >= 4 is 0 Å². The summed E-state index contributed by atoms with van der Waals surface area (Å²) in [7, 11) is 0. The molecule has 0 radical (unpaired) electrons. The molecule has 0 spiro atoms. The predicted octanol–water partition coefficient (Wildman–Crippen LogP) is 2.38. The molecule has 0 saturated carbocycles. The number of rotatable bonds is 2. The average molecular weight is 244 g/mol. The number of hydrogen-bond donors (Lipinski definition) is 1. The Kier molecular flexibility index (Phi) is 2.80. The Hall–Kier alpha value is -1.81. The van der Waals surface area contributed by atoms with E-state index in [-0.39, 0.29) is 5.92 Å². The van der Waals surface area contributed by atoms with Crippen LogP contribution in [0.2, 0.25) is 0 Å². The van der Waals surface area contributed by atoms with Crippen molar-refractivity contribution in [1.82, 2.24) is 9.97 Å². The summed E-state index contributed by atoms with van der Waals surface area (Å²) in [6.45, 7) is 0. The van der Waals surface area contributed by atoms with Gasteiger partial charge in [-0.25, -0.2) is 4.39 Å². The summed E-state index contributed by atoms with van der Waals surface area (Å²) in [5.74, 6) is -0.490. The lowest BCUT2D eigenvalue weighted by molar-refractivity contribution is 0.142. The van der Waals surface area contributed by atoms with E-state index in [0.717, 1.165) is 24.7 Å². The lowest BCUT2D eigenvalue weighted by Gasteiger charge is -2.18. The highest BCUT2D eigenvalue weighted by Gasteiger charge is 2.30. The fourth-order valence-electron chi connectivity index (χ4n) is 2.57. The molecule has 2 heterocycles. The van der Waals surface area contributed by atoms with E-state index in [1.54, 1.807) is 6.20 Å². The molecule has 4 heteroatoms. The van der Waals surface area contributed by atoms with E-state index in [9.17, 15) is 9.50 Å². The Labute approximate surface area is 104 Å². The van der Waals surface area contributed by atoms with Gasteiger partial charge in [-0.15, -0.1) is 0 Å². The van der Waals surface area contributed by atoms with Crippen LogP contribution in [0.4, 0.5) is 4.39 Å². The molecule has 0 aliphatic heterocycles. The van der Waals surface area contributed by atoms with Crippen molar-refractivity contribution in [1.29, 1.82) is 0 Å². The molecule has 3 rings (SSSR count). The molecule has 1 aliphatic carbocycles. The first kappa shape index (κ1) is 11.3. The Morgan fingerprint density at radius 1 is 1.39 bits per heavy atom. The Morgan fingerprint density at radius 2 is 2.28 bits per heavy atom. The molecule has 1 N–H and O–H groups in total. The molecule has 18 heavy (non-hydrogen) atoms. The summed E-state index contributed by atoms with van der Waals surface area (Å²) in [4.78, 5) is 8.11. The van der Waals surface area contributed by atoms with Gasteiger partial charge in [-0.05, 0) is 30.5 Å². The highest BCUT2D eigenvalue weighted by molar-refractivity contribution is 5.31. The average Bonchev–Trinajstić information content (AvgIpc) is 2.82. The maximum absolute atomic E-state index is 13.1.